The molecule has 4 rings (SSSR count). The molecule has 1 fully saturated rings. The number of thiophene rings is 1. The van der Waals surface area contributed by atoms with Crippen LogP contribution in [0.4, 0.5) is 5.69 Å². The molecule has 0 aromatic carbocycles. The molecule has 0 unspecified atom stereocenters. The van der Waals surface area contributed by atoms with Crippen LogP contribution in [-0.4, -0.2) is 57.2 Å². The highest BCUT2D eigenvalue weighted by Crippen LogP contribution is 2.43. The standard InChI is InChI=1S/C25H34N4O8S3/c1-7-29(15-10-11-15)40(34,35)24-19(30)16(13-38-24)26-18-20(23(31)36-8-2)39(32,33)28-22(18)27-21(25(4,5)6)17-12-9-14(3)37-17/h9,12-13,15,21,26,30H,7-8,10-11H2,1-6H3,(H,27,28)/t21-/m0/s1. The van der Waals surface area contributed by atoms with Gasteiger partial charge in [0.2, 0.25) is 0 Å². The molecular weight excluding hydrogens is 580 g/mol. The topological polar surface area (TPSA) is 168 Å². The van der Waals surface area contributed by atoms with E-state index in [9.17, 15) is 26.7 Å². The van der Waals surface area contributed by atoms with Crippen molar-refractivity contribution >= 4 is 48.9 Å². The second kappa shape index (κ2) is 10.8. The zero-order chi connectivity index (χ0) is 29.6. The van der Waals surface area contributed by atoms with E-state index < -0.39 is 48.1 Å². The molecule has 1 atom stereocenters. The molecule has 15 heteroatoms. The number of amidine groups is 1. The summed E-state index contributed by atoms with van der Waals surface area (Å²) in [6.45, 7) is 10.9. The molecule has 1 aliphatic heterocycles. The van der Waals surface area contributed by atoms with E-state index in [-0.39, 0.29) is 40.6 Å². The first-order valence-corrected chi connectivity index (χ1v) is 16.6. The second-order valence-electron chi connectivity index (χ2n) is 10.6. The van der Waals surface area contributed by atoms with Crippen molar-refractivity contribution in [2.75, 3.05) is 18.5 Å². The molecular formula is C25H34N4O8S3. The van der Waals surface area contributed by atoms with E-state index in [1.807, 2.05) is 20.8 Å². The number of furan rings is 1. The summed E-state index contributed by atoms with van der Waals surface area (Å²) in [6.07, 6.45) is 1.49. The van der Waals surface area contributed by atoms with Crippen LogP contribution < -0.4 is 10.0 Å². The molecule has 3 N–H and O–H groups in total. The van der Waals surface area contributed by atoms with Gasteiger partial charge in [0.1, 0.15) is 23.3 Å². The van der Waals surface area contributed by atoms with Crippen molar-refractivity contribution in [1.82, 2.24) is 9.03 Å². The largest absolute Gasteiger partial charge is 0.504 e. The molecule has 2 aliphatic rings. The number of esters is 1. The van der Waals surface area contributed by atoms with Crippen LogP contribution in [0.25, 0.3) is 0 Å². The number of nitrogens with zero attached hydrogens (tertiary/aromatic N) is 2. The third-order valence-electron chi connectivity index (χ3n) is 6.33. The van der Waals surface area contributed by atoms with Crippen molar-refractivity contribution in [2.45, 2.75) is 70.7 Å². The van der Waals surface area contributed by atoms with Gasteiger partial charge < -0.3 is 19.6 Å². The van der Waals surface area contributed by atoms with Crippen molar-refractivity contribution in [3.63, 3.8) is 0 Å². The molecule has 3 heterocycles. The van der Waals surface area contributed by atoms with E-state index in [0.29, 0.717) is 11.5 Å². The van der Waals surface area contributed by atoms with Gasteiger partial charge >= 0.3 is 5.97 Å². The number of ether oxygens (including phenoxy) is 1. The average molecular weight is 615 g/mol. The summed E-state index contributed by atoms with van der Waals surface area (Å²) in [7, 11) is -8.42. The van der Waals surface area contributed by atoms with Gasteiger partial charge in [-0.25, -0.2) is 21.6 Å². The summed E-state index contributed by atoms with van der Waals surface area (Å²) in [5.74, 6) is -0.802. The van der Waals surface area contributed by atoms with E-state index in [0.717, 1.165) is 24.2 Å². The quantitative estimate of drug-likeness (QED) is 0.337. The number of carbonyl (C=O) groups is 1. The first-order valence-electron chi connectivity index (χ1n) is 12.8. The van der Waals surface area contributed by atoms with E-state index in [1.54, 1.807) is 26.0 Å². The van der Waals surface area contributed by atoms with Crippen LogP contribution >= 0.6 is 11.3 Å². The fraction of sp³-hybridized carbons (Fsp3) is 0.520. The highest BCUT2D eigenvalue weighted by molar-refractivity contribution is 7.95. The zero-order valence-electron chi connectivity index (χ0n) is 23.1. The first-order chi connectivity index (χ1) is 18.6. The lowest BCUT2D eigenvalue weighted by Crippen LogP contribution is -2.32. The molecule has 0 saturated heterocycles. The van der Waals surface area contributed by atoms with Crippen LogP contribution in [-0.2, 0) is 29.6 Å². The number of aliphatic imine (C=N–C) groups is 1. The summed E-state index contributed by atoms with van der Waals surface area (Å²) < 4.78 is 67.0. The van der Waals surface area contributed by atoms with Gasteiger partial charge in [0.15, 0.2) is 20.7 Å². The number of anilines is 1. The van der Waals surface area contributed by atoms with Gasteiger partial charge in [-0.2, -0.15) is 4.31 Å². The van der Waals surface area contributed by atoms with Gasteiger partial charge in [0, 0.05) is 18.0 Å². The van der Waals surface area contributed by atoms with E-state index in [4.69, 9.17) is 9.15 Å². The summed E-state index contributed by atoms with van der Waals surface area (Å²) >= 11 is 0.789. The Labute approximate surface area is 238 Å². The van der Waals surface area contributed by atoms with E-state index >= 15 is 0 Å². The van der Waals surface area contributed by atoms with Gasteiger partial charge in [-0.1, -0.05) is 27.7 Å². The number of hydrogen-bond donors (Lipinski definition) is 3. The number of hydrogen-bond acceptors (Lipinski definition) is 11. The van der Waals surface area contributed by atoms with E-state index in [2.05, 4.69) is 15.0 Å². The van der Waals surface area contributed by atoms with Crippen LogP contribution in [0.3, 0.4) is 0 Å². The third-order valence-corrected chi connectivity index (χ3v) is 11.2. The Kier molecular flexibility index (Phi) is 8.15. The fourth-order valence-electron chi connectivity index (χ4n) is 4.33. The third kappa shape index (κ3) is 5.78. The Hall–Kier alpha value is -2.88. The number of aromatic hydroxyl groups is 1. The molecule has 12 nitrogen and oxygen atoms in total. The number of nitrogens with one attached hydrogen (secondary N) is 2. The number of carbonyl (C=O) groups excluding carboxylic acids is 1. The summed E-state index contributed by atoms with van der Waals surface area (Å²) in [5.41, 5.74) is -0.916. The Morgan fingerprint density at radius 1 is 1.32 bits per heavy atom. The predicted molar refractivity (Wildman–Crippen MR) is 151 cm³/mol. The highest BCUT2D eigenvalue weighted by atomic mass is 32.2. The maximum atomic E-state index is 13.3. The Bertz CT molecular complexity index is 1580. The molecule has 0 bridgehead atoms. The minimum Gasteiger partial charge on any atom is -0.504 e. The number of sulfonamides is 2. The van der Waals surface area contributed by atoms with Crippen molar-refractivity contribution < 1.29 is 35.9 Å². The smallest absolute Gasteiger partial charge is 0.354 e. The summed E-state index contributed by atoms with van der Waals surface area (Å²) in [4.78, 5) is 16.8. The molecule has 1 aliphatic carbocycles. The monoisotopic (exact) mass is 614 g/mol. The predicted octanol–water partition coefficient (Wildman–Crippen LogP) is 3.83. The Morgan fingerprint density at radius 3 is 2.52 bits per heavy atom. The minimum atomic E-state index is -4.42. The first kappa shape index (κ1) is 30.1. The van der Waals surface area contributed by atoms with Gasteiger partial charge in [0.25, 0.3) is 20.0 Å². The molecule has 0 radical (unpaired) electrons. The summed E-state index contributed by atoms with van der Waals surface area (Å²) in [6, 6.07) is 2.70. The average Bonchev–Trinajstić information content (AvgIpc) is 3.37. The van der Waals surface area contributed by atoms with Crippen LogP contribution in [0.15, 0.2) is 41.7 Å². The van der Waals surface area contributed by atoms with Gasteiger partial charge in [-0.05, 0) is 44.2 Å². The lowest BCUT2D eigenvalue weighted by Gasteiger charge is -2.26. The number of aryl methyl sites for hydroxylation is 1. The molecule has 2 aromatic heterocycles. The zero-order valence-corrected chi connectivity index (χ0v) is 25.6. The highest BCUT2D eigenvalue weighted by Gasteiger charge is 2.43. The van der Waals surface area contributed by atoms with Gasteiger partial charge in [0.05, 0.1) is 12.3 Å². The van der Waals surface area contributed by atoms with Gasteiger partial charge in [-0.3, -0.25) is 9.71 Å². The molecule has 1 saturated carbocycles. The van der Waals surface area contributed by atoms with Crippen LogP contribution in [0, 0.1) is 12.3 Å². The molecule has 40 heavy (non-hydrogen) atoms. The van der Waals surface area contributed by atoms with Crippen LogP contribution in [0.5, 0.6) is 5.75 Å². The fourth-order valence-corrected chi connectivity index (χ4v) is 8.59. The van der Waals surface area contributed by atoms with Gasteiger partial charge in [-0.15, -0.1) is 11.3 Å². The van der Waals surface area contributed by atoms with Crippen molar-refractivity contribution in [1.29, 1.82) is 0 Å². The lowest BCUT2D eigenvalue weighted by atomic mass is 9.85. The lowest BCUT2D eigenvalue weighted by molar-refractivity contribution is -0.137. The molecule has 220 valence electrons. The Balaban J connectivity index is 1.83. The van der Waals surface area contributed by atoms with Crippen LogP contribution in [0.2, 0.25) is 0 Å². The van der Waals surface area contributed by atoms with Crippen molar-refractivity contribution in [2.24, 2.45) is 10.4 Å². The SMILES string of the molecule is CCOC(=O)C1=C(Nc2csc(S(=O)(=O)N(CC)C3CC3)c2O)C(=N[C@@H](c2ccc(C)o2)C(C)(C)C)NS1(=O)=O. The number of rotatable bonds is 10. The van der Waals surface area contributed by atoms with Crippen molar-refractivity contribution in [3.05, 3.63) is 39.6 Å². The minimum absolute atomic E-state index is 0.0893. The Morgan fingerprint density at radius 2 is 2.00 bits per heavy atom. The maximum absolute atomic E-state index is 13.3. The second-order valence-corrected chi connectivity index (χ2v) is 15.2. The molecule has 2 aromatic rings. The van der Waals surface area contributed by atoms with Crippen molar-refractivity contribution in [3.8, 4) is 5.75 Å². The summed E-state index contributed by atoms with van der Waals surface area (Å²) in [5, 5.41) is 15.1. The molecule has 0 amide bonds. The maximum Gasteiger partial charge on any atom is 0.354 e. The molecule has 0 spiro atoms. The van der Waals surface area contributed by atoms with E-state index in [1.165, 1.54) is 16.6 Å². The normalized spacial score (nSPS) is 19.2. The van der Waals surface area contributed by atoms with Crippen LogP contribution in [0.1, 0.15) is 65.0 Å².